The Labute approximate surface area is 230 Å². The van der Waals surface area contributed by atoms with Crippen molar-refractivity contribution in [2.24, 2.45) is 5.92 Å². The molecule has 39 heavy (non-hydrogen) atoms. The van der Waals surface area contributed by atoms with Crippen molar-refractivity contribution in [2.75, 3.05) is 24.7 Å². The Hall–Kier alpha value is -3.05. The number of rotatable bonds is 15. The zero-order valence-electron chi connectivity index (χ0n) is 23.1. The van der Waals surface area contributed by atoms with Gasteiger partial charge in [-0.3, -0.25) is 9.29 Å². The molecule has 214 valence electrons. The van der Waals surface area contributed by atoms with Gasteiger partial charge in [0, 0.05) is 0 Å². The molecule has 0 saturated heterocycles. The van der Waals surface area contributed by atoms with Crippen LogP contribution in [-0.4, -0.2) is 53.9 Å². The highest BCUT2D eigenvalue weighted by atomic mass is 32.2. The summed E-state index contributed by atoms with van der Waals surface area (Å²) in [5, 5.41) is 20.1. The maximum Gasteiger partial charge on any atom is 0.243 e. The number of hydrogen-bond acceptors (Lipinski definition) is 8. The smallest absolute Gasteiger partial charge is 0.243 e. The number of aromatic nitrogens is 3. The van der Waals surface area contributed by atoms with E-state index in [1.54, 1.807) is 30.3 Å². The van der Waals surface area contributed by atoms with Gasteiger partial charge in [0.1, 0.15) is 17.2 Å². The third kappa shape index (κ3) is 6.75. The summed E-state index contributed by atoms with van der Waals surface area (Å²) >= 11 is 0. The quantitative estimate of drug-likeness (QED) is 0.231. The van der Waals surface area contributed by atoms with E-state index in [2.05, 4.69) is 21.8 Å². The maximum atomic E-state index is 13.4. The van der Waals surface area contributed by atoms with Crippen molar-refractivity contribution in [3.8, 4) is 28.8 Å². The predicted molar refractivity (Wildman–Crippen MR) is 150 cm³/mol. The van der Waals surface area contributed by atoms with E-state index in [1.807, 2.05) is 0 Å². The first-order chi connectivity index (χ1) is 18.8. The van der Waals surface area contributed by atoms with Gasteiger partial charge >= 0.3 is 0 Å². The number of ether oxygens (including phenoxy) is 2. The van der Waals surface area contributed by atoms with E-state index in [1.165, 1.54) is 25.0 Å². The summed E-state index contributed by atoms with van der Waals surface area (Å²) in [4.78, 5) is 0. The molecule has 0 amide bonds. The van der Waals surface area contributed by atoms with Crippen LogP contribution in [0.3, 0.4) is 0 Å². The second-order valence-electron chi connectivity index (χ2n) is 10.2. The number of furan rings is 1. The summed E-state index contributed by atoms with van der Waals surface area (Å²) < 4.78 is 47.7. The first-order valence-corrected chi connectivity index (χ1v) is 15.4. The largest absolute Gasteiger partial charge is 0.494 e. The number of nitrogens with zero attached hydrogens (tertiary/aromatic N) is 3. The molecule has 0 spiro atoms. The molecular weight excluding hydrogens is 520 g/mol. The summed E-state index contributed by atoms with van der Waals surface area (Å²) in [5.41, 5.74) is -0.576. The molecule has 1 aliphatic rings. The molecule has 2 aromatic heterocycles. The molecule has 0 bridgehead atoms. The van der Waals surface area contributed by atoms with Gasteiger partial charge in [-0.05, 0) is 55.9 Å². The summed E-state index contributed by atoms with van der Waals surface area (Å²) in [5.74, 6) is 1.40. The van der Waals surface area contributed by atoms with Crippen LogP contribution in [0.15, 0.2) is 41.0 Å². The lowest BCUT2D eigenvalue weighted by atomic mass is 9.80. The van der Waals surface area contributed by atoms with E-state index < -0.39 is 15.6 Å². The molecule has 1 aliphatic carbocycles. The fourth-order valence-corrected chi connectivity index (χ4v) is 6.67. The van der Waals surface area contributed by atoms with Gasteiger partial charge in [-0.15, -0.1) is 10.2 Å². The molecule has 3 aromatic rings. The zero-order valence-corrected chi connectivity index (χ0v) is 23.9. The highest BCUT2D eigenvalue weighted by molar-refractivity contribution is 7.92. The molecule has 11 heteroatoms. The molecule has 1 unspecified atom stereocenters. The molecule has 0 aliphatic heterocycles. The number of nitrogens with one attached hydrogen (secondary N) is 1. The van der Waals surface area contributed by atoms with Gasteiger partial charge in [0.25, 0.3) is 0 Å². The average molecular weight is 561 g/mol. The third-order valence-electron chi connectivity index (χ3n) is 7.66. The Morgan fingerprint density at radius 1 is 1.05 bits per heavy atom. The molecule has 0 radical (unpaired) electrons. The summed E-state index contributed by atoms with van der Waals surface area (Å²) in [7, 11) is -0.869. The maximum absolute atomic E-state index is 13.4. The molecule has 4 rings (SSSR count). The Morgan fingerprint density at radius 3 is 2.38 bits per heavy atom. The standard InChI is InChI=1S/C28H40N4O6S/c1-4-5-6-9-17-28(33,21-12-7-8-13-21)18-20-39(34,35)31-27-30-29-26(24-16-11-19-38-24)32(27)25-22(36-2)14-10-15-23(25)37-3/h10-11,14-16,19,21,33H,4-9,12-13,17-18,20H2,1-3H3,(H,30,31). The average Bonchev–Trinajstić information content (AvgIpc) is 3.72. The van der Waals surface area contributed by atoms with Gasteiger partial charge in [0.05, 0.1) is 31.8 Å². The number of anilines is 1. The minimum absolute atomic E-state index is 0.0310. The van der Waals surface area contributed by atoms with Crippen LogP contribution >= 0.6 is 0 Å². The number of methoxy groups -OCH3 is 2. The Bertz CT molecular complexity index is 1280. The van der Waals surface area contributed by atoms with Crippen LogP contribution < -0.4 is 14.2 Å². The minimum atomic E-state index is -3.90. The molecule has 1 atom stereocenters. The number of unbranched alkanes of at least 4 members (excludes halogenated alkanes) is 3. The molecule has 2 heterocycles. The lowest BCUT2D eigenvalue weighted by Gasteiger charge is -2.34. The van der Waals surface area contributed by atoms with Crippen molar-refractivity contribution in [3.05, 3.63) is 36.6 Å². The molecule has 2 N–H and O–H groups in total. The number of aliphatic hydroxyl groups is 1. The van der Waals surface area contributed by atoms with Crippen molar-refractivity contribution in [1.29, 1.82) is 0 Å². The van der Waals surface area contributed by atoms with E-state index in [-0.39, 0.29) is 29.9 Å². The first-order valence-electron chi connectivity index (χ1n) is 13.8. The Morgan fingerprint density at radius 2 is 1.77 bits per heavy atom. The number of sulfonamides is 1. The van der Waals surface area contributed by atoms with Crippen molar-refractivity contribution in [1.82, 2.24) is 14.8 Å². The van der Waals surface area contributed by atoms with Crippen LogP contribution in [0.1, 0.15) is 71.1 Å². The van der Waals surface area contributed by atoms with Crippen molar-refractivity contribution < 1.29 is 27.4 Å². The molecule has 1 saturated carbocycles. The highest BCUT2D eigenvalue weighted by Gasteiger charge is 2.39. The SMILES string of the molecule is CCCCCCC(O)(CCS(=O)(=O)Nc1nnc(-c2ccco2)n1-c1c(OC)cccc1OC)C1CCCC1. The normalized spacial score (nSPS) is 15.8. The Balaban J connectivity index is 1.63. The molecule has 10 nitrogen and oxygen atoms in total. The van der Waals surface area contributed by atoms with Crippen LogP contribution in [-0.2, 0) is 10.0 Å². The summed E-state index contributed by atoms with van der Waals surface area (Å²) in [6.07, 6.45) is 10.5. The molecular formula is C28H40N4O6S. The van der Waals surface area contributed by atoms with E-state index in [4.69, 9.17) is 13.9 Å². The zero-order chi connectivity index (χ0) is 27.9. The van der Waals surface area contributed by atoms with E-state index in [0.29, 0.717) is 29.4 Å². The van der Waals surface area contributed by atoms with Gasteiger partial charge in [-0.1, -0.05) is 51.5 Å². The third-order valence-corrected chi connectivity index (χ3v) is 8.89. The van der Waals surface area contributed by atoms with Gasteiger partial charge in [0.2, 0.25) is 21.8 Å². The predicted octanol–water partition coefficient (Wildman–Crippen LogP) is 5.57. The van der Waals surface area contributed by atoms with Crippen LogP contribution in [0.25, 0.3) is 17.3 Å². The van der Waals surface area contributed by atoms with E-state index in [9.17, 15) is 13.5 Å². The fraction of sp³-hybridized carbons (Fsp3) is 0.571. The fourth-order valence-electron chi connectivity index (χ4n) is 5.54. The highest BCUT2D eigenvalue weighted by Crippen LogP contribution is 2.40. The van der Waals surface area contributed by atoms with Crippen molar-refractivity contribution >= 4 is 16.0 Å². The van der Waals surface area contributed by atoms with Crippen LogP contribution in [0, 0.1) is 5.92 Å². The van der Waals surface area contributed by atoms with E-state index >= 15 is 0 Å². The van der Waals surface area contributed by atoms with Crippen LogP contribution in [0.5, 0.6) is 11.5 Å². The molecule has 1 fully saturated rings. The van der Waals surface area contributed by atoms with Crippen LogP contribution in [0.2, 0.25) is 0 Å². The lowest BCUT2D eigenvalue weighted by molar-refractivity contribution is -0.0288. The minimum Gasteiger partial charge on any atom is -0.494 e. The lowest BCUT2D eigenvalue weighted by Crippen LogP contribution is -2.39. The topological polar surface area (TPSA) is 129 Å². The second-order valence-corrected chi connectivity index (χ2v) is 12.1. The van der Waals surface area contributed by atoms with Crippen molar-refractivity contribution in [2.45, 2.75) is 76.7 Å². The van der Waals surface area contributed by atoms with Gasteiger partial charge in [0.15, 0.2) is 5.76 Å². The molecule has 1 aromatic carbocycles. The second kappa shape index (κ2) is 12.9. The summed E-state index contributed by atoms with van der Waals surface area (Å²) in [6, 6.07) is 8.67. The first kappa shape index (κ1) is 28.9. The van der Waals surface area contributed by atoms with E-state index in [0.717, 1.165) is 51.4 Å². The number of hydrogen-bond donors (Lipinski definition) is 2. The van der Waals surface area contributed by atoms with Gasteiger partial charge in [-0.2, -0.15) is 0 Å². The van der Waals surface area contributed by atoms with Crippen molar-refractivity contribution in [3.63, 3.8) is 0 Å². The Kier molecular flexibility index (Phi) is 9.55. The number of benzene rings is 1. The van der Waals surface area contributed by atoms with Gasteiger partial charge < -0.3 is 19.0 Å². The summed E-state index contributed by atoms with van der Waals surface area (Å²) in [6.45, 7) is 2.15. The number of para-hydroxylation sites is 1. The monoisotopic (exact) mass is 560 g/mol. The van der Waals surface area contributed by atoms with Gasteiger partial charge in [-0.25, -0.2) is 8.42 Å². The van der Waals surface area contributed by atoms with Crippen LogP contribution in [0.4, 0.5) is 5.95 Å².